The molecule has 1 N–H and O–H groups in total. The Balaban J connectivity index is 1.97. The second kappa shape index (κ2) is 8.08. The smallest absolute Gasteiger partial charge is 0.272 e. The molecular formula is C23H34N4O. The fourth-order valence-electron chi connectivity index (χ4n) is 3.56. The number of amides is 1. The van der Waals surface area contributed by atoms with Gasteiger partial charge in [0.15, 0.2) is 5.69 Å². The molecule has 0 fully saturated rings. The average molecular weight is 383 g/mol. The molecule has 0 bridgehead atoms. The van der Waals surface area contributed by atoms with Crippen LogP contribution in [0.25, 0.3) is 11.4 Å². The Kier molecular flexibility index (Phi) is 5.94. The van der Waals surface area contributed by atoms with Crippen LogP contribution >= 0.6 is 0 Å². The monoisotopic (exact) mass is 382 g/mol. The lowest BCUT2D eigenvalue weighted by Crippen LogP contribution is -2.42. The van der Waals surface area contributed by atoms with Gasteiger partial charge in [-0.05, 0) is 18.3 Å². The van der Waals surface area contributed by atoms with E-state index in [0.717, 1.165) is 43.3 Å². The van der Waals surface area contributed by atoms with Gasteiger partial charge in [-0.25, -0.2) is 4.98 Å². The number of carbonyl (C=O) groups is 1. The number of nitrogens with zero attached hydrogens (tertiary/aromatic N) is 3. The van der Waals surface area contributed by atoms with Gasteiger partial charge in [0.2, 0.25) is 0 Å². The Hall–Kier alpha value is -2.14. The highest BCUT2D eigenvalue weighted by Gasteiger charge is 2.30. The largest absolute Gasteiger partial charge is 0.348 e. The molecule has 1 unspecified atom stereocenters. The molecule has 28 heavy (non-hydrogen) atoms. The summed E-state index contributed by atoms with van der Waals surface area (Å²) in [5, 5.41) is 3.17. The summed E-state index contributed by atoms with van der Waals surface area (Å²) in [6, 6.07) is 10.2. The van der Waals surface area contributed by atoms with Gasteiger partial charge in [-0.2, -0.15) is 0 Å². The third-order valence-corrected chi connectivity index (χ3v) is 5.60. The topological polar surface area (TPSA) is 50.2 Å². The number of nitrogens with one attached hydrogen (secondary N) is 1. The van der Waals surface area contributed by atoms with Crippen LogP contribution in [0.2, 0.25) is 0 Å². The first-order valence-electron chi connectivity index (χ1n) is 10.3. The molecule has 0 radical (unpaired) electrons. The Labute approximate surface area is 169 Å². The number of rotatable bonds is 5. The van der Waals surface area contributed by atoms with Gasteiger partial charge in [-0.1, -0.05) is 65.0 Å². The van der Waals surface area contributed by atoms with Crippen molar-refractivity contribution in [1.82, 2.24) is 19.8 Å². The summed E-state index contributed by atoms with van der Waals surface area (Å²) in [5.74, 6) is 1.43. The molecule has 2 heterocycles. The molecule has 1 aromatic carbocycles. The maximum Gasteiger partial charge on any atom is 0.272 e. The average Bonchev–Trinajstić information content (AvgIpc) is 3.00. The standard InChI is InChI=1S/C23H34N4O/c1-16(2)14-26-12-13-27-19(15-26)20(22(28)24-17(3)23(4,5)6)25-21(27)18-10-8-7-9-11-18/h7-11,16-17H,12-15H2,1-6H3,(H,24,28). The van der Waals surface area contributed by atoms with Crippen LogP contribution in [0, 0.1) is 11.3 Å². The van der Waals surface area contributed by atoms with Gasteiger partial charge in [0, 0.05) is 37.8 Å². The van der Waals surface area contributed by atoms with Crippen LogP contribution in [-0.4, -0.2) is 39.5 Å². The van der Waals surface area contributed by atoms with Crippen LogP contribution in [0.5, 0.6) is 0 Å². The zero-order chi connectivity index (χ0) is 20.5. The van der Waals surface area contributed by atoms with Crippen molar-refractivity contribution >= 4 is 5.91 Å². The Morgan fingerprint density at radius 3 is 2.43 bits per heavy atom. The van der Waals surface area contributed by atoms with E-state index in [-0.39, 0.29) is 17.4 Å². The molecule has 0 spiro atoms. The summed E-state index contributed by atoms with van der Waals surface area (Å²) >= 11 is 0. The zero-order valence-corrected chi connectivity index (χ0v) is 18.1. The van der Waals surface area contributed by atoms with Crippen molar-refractivity contribution in [3.05, 3.63) is 41.7 Å². The molecule has 0 aliphatic carbocycles. The Morgan fingerprint density at radius 2 is 1.82 bits per heavy atom. The lowest BCUT2D eigenvalue weighted by atomic mass is 9.88. The van der Waals surface area contributed by atoms with Gasteiger partial charge in [-0.3, -0.25) is 9.69 Å². The number of hydrogen-bond acceptors (Lipinski definition) is 3. The Morgan fingerprint density at radius 1 is 1.14 bits per heavy atom. The van der Waals surface area contributed by atoms with Gasteiger partial charge in [0.05, 0.1) is 5.69 Å². The highest BCUT2D eigenvalue weighted by atomic mass is 16.2. The molecule has 1 atom stereocenters. The minimum absolute atomic E-state index is 0.00138. The van der Waals surface area contributed by atoms with E-state index in [9.17, 15) is 4.79 Å². The number of carbonyl (C=O) groups excluding carboxylic acids is 1. The van der Waals surface area contributed by atoms with E-state index in [4.69, 9.17) is 4.98 Å². The van der Waals surface area contributed by atoms with E-state index < -0.39 is 0 Å². The number of aromatic nitrogens is 2. The molecule has 0 saturated carbocycles. The number of hydrogen-bond donors (Lipinski definition) is 1. The van der Waals surface area contributed by atoms with E-state index in [1.54, 1.807) is 0 Å². The number of fused-ring (bicyclic) bond motifs is 1. The van der Waals surface area contributed by atoms with Crippen LogP contribution in [-0.2, 0) is 13.1 Å². The van der Waals surface area contributed by atoms with Crippen molar-refractivity contribution in [2.24, 2.45) is 11.3 Å². The minimum Gasteiger partial charge on any atom is -0.348 e. The van der Waals surface area contributed by atoms with E-state index in [2.05, 4.69) is 68.5 Å². The summed E-state index contributed by atoms with van der Waals surface area (Å²) in [7, 11) is 0. The van der Waals surface area contributed by atoms with E-state index in [1.807, 2.05) is 18.2 Å². The quantitative estimate of drug-likeness (QED) is 0.844. The van der Waals surface area contributed by atoms with Crippen molar-refractivity contribution in [3.63, 3.8) is 0 Å². The summed E-state index contributed by atoms with van der Waals surface area (Å²) in [6.45, 7) is 16.6. The van der Waals surface area contributed by atoms with Crippen LogP contribution in [0.3, 0.4) is 0 Å². The van der Waals surface area contributed by atoms with E-state index in [1.165, 1.54) is 0 Å². The van der Waals surface area contributed by atoms with Gasteiger partial charge in [-0.15, -0.1) is 0 Å². The predicted molar refractivity (Wildman–Crippen MR) is 114 cm³/mol. The molecule has 5 nitrogen and oxygen atoms in total. The zero-order valence-electron chi connectivity index (χ0n) is 18.1. The highest BCUT2D eigenvalue weighted by molar-refractivity contribution is 5.94. The highest BCUT2D eigenvalue weighted by Crippen LogP contribution is 2.27. The van der Waals surface area contributed by atoms with Crippen LogP contribution in [0.1, 0.15) is 57.7 Å². The van der Waals surface area contributed by atoms with Gasteiger partial charge in [0.1, 0.15) is 5.82 Å². The molecule has 5 heteroatoms. The van der Waals surface area contributed by atoms with Crippen LogP contribution < -0.4 is 5.32 Å². The predicted octanol–water partition coefficient (Wildman–Crippen LogP) is 4.19. The molecular weight excluding hydrogens is 348 g/mol. The summed E-state index contributed by atoms with van der Waals surface area (Å²) < 4.78 is 2.24. The summed E-state index contributed by atoms with van der Waals surface area (Å²) in [6.07, 6.45) is 0. The lowest BCUT2D eigenvalue weighted by Gasteiger charge is -2.31. The summed E-state index contributed by atoms with van der Waals surface area (Å²) in [4.78, 5) is 20.4. The molecule has 1 aromatic heterocycles. The molecule has 1 amide bonds. The SMILES string of the molecule is CC(C)CN1CCn2c(-c3ccccc3)nc(C(=O)NC(C)C(C)(C)C)c2C1. The van der Waals surface area contributed by atoms with Crippen molar-refractivity contribution in [3.8, 4) is 11.4 Å². The normalized spacial score (nSPS) is 16.1. The van der Waals surface area contributed by atoms with Gasteiger partial charge >= 0.3 is 0 Å². The Bertz CT molecular complexity index is 817. The van der Waals surface area contributed by atoms with Crippen molar-refractivity contribution in [1.29, 1.82) is 0 Å². The second-order valence-electron chi connectivity index (χ2n) is 9.44. The van der Waals surface area contributed by atoms with E-state index in [0.29, 0.717) is 11.6 Å². The first kappa shape index (κ1) is 20.6. The summed E-state index contributed by atoms with van der Waals surface area (Å²) in [5.41, 5.74) is 2.67. The first-order chi connectivity index (χ1) is 13.2. The third-order valence-electron chi connectivity index (χ3n) is 5.60. The van der Waals surface area contributed by atoms with Crippen LogP contribution in [0.4, 0.5) is 0 Å². The minimum atomic E-state index is -0.0697. The molecule has 152 valence electrons. The van der Waals surface area contributed by atoms with Crippen LogP contribution in [0.15, 0.2) is 30.3 Å². The number of imidazole rings is 1. The third kappa shape index (κ3) is 4.46. The maximum atomic E-state index is 13.1. The fourth-order valence-corrected chi connectivity index (χ4v) is 3.56. The molecule has 1 aliphatic heterocycles. The van der Waals surface area contributed by atoms with Crippen molar-refractivity contribution < 1.29 is 4.79 Å². The van der Waals surface area contributed by atoms with E-state index >= 15 is 0 Å². The first-order valence-corrected chi connectivity index (χ1v) is 10.3. The molecule has 2 aromatic rings. The second-order valence-corrected chi connectivity index (χ2v) is 9.44. The van der Waals surface area contributed by atoms with Gasteiger partial charge in [0.25, 0.3) is 5.91 Å². The number of benzene rings is 1. The maximum absolute atomic E-state index is 13.1. The fraction of sp³-hybridized carbons (Fsp3) is 0.565. The molecule has 1 aliphatic rings. The molecule has 0 saturated heterocycles. The van der Waals surface area contributed by atoms with Crippen molar-refractivity contribution in [2.45, 2.75) is 60.7 Å². The van der Waals surface area contributed by atoms with Crippen molar-refractivity contribution in [2.75, 3.05) is 13.1 Å². The lowest BCUT2D eigenvalue weighted by molar-refractivity contribution is 0.0901. The molecule has 3 rings (SSSR count). The van der Waals surface area contributed by atoms with Gasteiger partial charge < -0.3 is 9.88 Å².